The molecular weight excluding hydrogens is 347 g/mol. The molecule has 1 heterocycles. The van der Waals surface area contributed by atoms with Gasteiger partial charge in [-0.25, -0.2) is 4.39 Å². The van der Waals surface area contributed by atoms with Crippen LogP contribution in [0.3, 0.4) is 0 Å². The van der Waals surface area contributed by atoms with Gasteiger partial charge < -0.3 is 5.32 Å². The maximum absolute atomic E-state index is 14.0. The first-order valence-electron chi connectivity index (χ1n) is 10.1. The van der Waals surface area contributed by atoms with Gasteiger partial charge in [0.1, 0.15) is 5.82 Å². The highest BCUT2D eigenvalue weighted by atomic mass is 19.1. The van der Waals surface area contributed by atoms with Gasteiger partial charge in [0.05, 0.1) is 0 Å². The molecule has 0 amide bonds. The zero-order valence-corrected chi connectivity index (χ0v) is 16.1. The van der Waals surface area contributed by atoms with E-state index in [1.54, 1.807) is 6.07 Å². The standard InChI is InChI=1S/C25H27FN2/c26-24-14-8-7-13-22(24)17-27-25-15-16-28(18-20-9-3-1-4-10-20)19-23(25)21-11-5-2-6-12-21/h1-14,23,25,27H,15-19H2/t23-,25-/m1/s1. The van der Waals surface area contributed by atoms with Crippen LogP contribution in [0.5, 0.6) is 0 Å². The monoisotopic (exact) mass is 374 g/mol. The molecule has 1 fully saturated rings. The fraction of sp³-hybridized carbons (Fsp3) is 0.280. The lowest BCUT2D eigenvalue weighted by Crippen LogP contribution is -2.47. The number of hydrogen-bond donors (Lipinski definition) is 1. The number of halogens is 1. The second kappa shape index (κ2) is 9.13. The molecule has 3 heteroatoms. The second-order valence-electron chi connectivity index (χ2n) is 7.61. The zero-order valence-electron chi connectivity index (χ0n) is 16.1. The molecule has 0 unspecified atom stereocenters. The largest absolute Gasteiger partial charge is 0.309 e. The van der Waals surface area contributed by atoms with Crippen LogP contribution in [0.25, 0.3) is 0 Å². The van der Waals surface area contributed by atoms with Crippen molar-refractivity contribution < 1.29 is 4.39 Å². The van der Waals surface area contributed by atoms with Gasteiger partial charge >= 0.3 is 0 Å². The molecule has 3 aromatic carbocycles. The Morgan fingerprint density at radius 1 is 0.857 bits per heavy atom. The Bertz CT molecular complexity index is 866. The number of likely N-dealkylation sites (tertiary alicyclic amines) is 1. The number of benzene rings is 3. The van der Waals surface area contributed by atoms with Crippen LogP contribution in [-0.2, 0) is 13.1 Å². The average molecular weight is 375 g/mol. The predicted molar refractivity (Wildman–Crippen MR) is 113 cm³/mol. The predicted octanol–water partition coefficient (Wildman–Crippen LogP) is 4.97. The van der Waals surface area contributed by atoms with Crippen molar-refractivity contribution in [1.29, 1.82) is 0 Å². The molecular formula is C25H27FN2. The van der Waals surface area contributed by atoms with Crippen LogP contribution in [0.2, 0.25) is 0 Å². The molecule has 28 heavy (non-hydrogen) atoms. The zero-order chi connectivity index (χ0) is 19.2. The van der Waals surface area contributed by atoms with Gasteiger partial charge in [-0.2, -0.15) is 0 Å². The maximum atomic E-state index is 14.0. The van der Waals surface area contributed by atoms with Gasteiger partial charge in [0.25, 0.3) is 0 Å². The highest BCUT2D eigenvalue weighted by Crippen LogP contribution is 2.28. The molecule has 2 nitrogen and oxygen atoms in total. The summed E-state index contributed by atoms with van der Waals surface area (Å²) in [6.45, 7) is 3.60. The summed E-state index contributed by atoms with van der Waals surface area (Å²) in [6, 6.07) is 28.8. The van der Waals surface area contributed by atoms with Crippen LogP contribution in [0.4, 0.5) is 4.39 Å². The van der Waals surface area contributed by atoms with Crippen molar-refractivity contribution in [2.75, 3.05) is 13.1 Å². The Labute approximate surface area is 167 Å². The topological polar surface area (TPSA) is 15.3 Å². The minimum absolute atomic E-state index is 0.132. The highest BCUT2D eigenvalue weighted by molar-refractivity contribution is 5.24. The highest BCUT2D eigenvalue weighted by Gasteiger charge is 2.30. The third kappa shape index (κ3) is 4.67. The van der Waals surface area contributed by atoms with Crippen molar-refractivity contribution in [3.8, 4) is 0 Å². The fourth-order valence-electron chi connectivity index (χ4n) is 4.17. The van der Waals surface area contributed by atoms with E-state index in [4.69, 9.17) is 0 Å². The molecule has 4 rings (SSSR count). The SMILES string of the molecule is Fc1ccccc1CN[C@@H]1CCN(Cc2ccccc2)C[C@@H]1c1ccccc1. The van der Waals surface area contributed by atoms with E-state index in [0.717, 1.165) is 31.6 Å². The Balaban J connectivity index is 1.47. The molecule has 0 aliphatic carbocycles. The molecule has 1 N–H and O–H groups in total. The summed E-state index contributed by atoms with van der Waals surface area (Å²) in [5.74, 6) is 0.262. The molecule has 0 saturated carbocycles. The summed E-state index contributed by atoms with van der Waals surface area (Å²) in [5.41, 5.74) is 3.44. The summed E-state index contributed by atoms with van der Waals surface area (Å²) in [5, 5.41) is 3.65. The van der Waals surface area contributed by atoms with Gasteiger partial charge in [-0.05, 0) is 23.6 Å². The van der Waals surface area contributed by atoms with Crippen LogP contribution < -0.4 is 5.32 Å². The van der Waals surface area contributed by atoms with E-state index in [1.807, 2.05) is 12.1 Å². The Kier molecular flexibility index (Phi) is 6.15. The van der Waals surface area contributed by atoms with E-state index in [2.05, 4.69) is 70.9 Å². The fourth-order valence-corrected chi connectivity index (χ4v) is 4.17. The molecule has 0 aromatic heterocycles. The normalized spacial score (nSPS) is 20.2. The third-order valence-electron chi connectivity index (χ3n) is 5.69. The average Bonchev–Trinajstić information content (AvgIpc) is 2.75. The Hall–Kier alpha value is -2.49. The summed E-state index contributed by atoms with van der Waals surface area (Å²) < 4.78 is 14.0. The van der Waals surface area contributed by atoms with Crippen LogP contribution in [0, 0.1) is 5.82 Å². The summed E-state index contributed by atoms with van der Waals surface area (Å²) in [6.07, 6.45) is 1.06. The van der Waals surface area contributed by atoms with Crippen molar-refractivity contribution in [2.45, 2.75) is 31.5 Å². The molecule has 0 bridgehead atoms. The minimum atomic E-state index is -0.132. The maximum Gasteiger partial charge on any atom is 0.127 e. The van der Waals surface area contributed by atoms with E-state index in [9.17, 15) is 4.39 Å². The molecule has 1 saturated heterocycles. The third-order valence-corrected chi connectivity index (χ3v) is 5.69. The number of rotatable bonds is 6. The summed E-state index contributed by atoms with van der Waals surface area (Å²) in [4.78, 5) is 2.54. The van der Waals surface area contributed by atoms with Gasteiger partial charge in [0, 0.05) is 43.7 Å². The first-order valence-corrected chi connectivity index (χ1v) is 10.1. The van der Waals surface area contributed by atoms with Crippen molar-refractivity contribution in [2.24, 2.45) is 0 Å². The molecule has 1 aliphatic rings. The van der Waals surface area contributed by atoms with Gasteiger partial charge in [-0.15, -0.1) is 0 Å². The van der Waals surface area contributed by atoms with Crippen molar-refractivity contribution in [1.82, 2.24) is 10.2 Å². The second-order valence-corrected chi connectivity index (χ2v) is 7.61. The summed E-state index contributed by atoms with van der Waals surface area (Å²) >= 11 is 0. The van der Waals surface area contributed by atoms with Gasteiger partial charge in [0.2, 0.25) is 0 Å². The Morgan fingerprint density at radius 2 is 1.54 bits per heavy atom. The van der Waals surface area contributed by atoms with Gasteiger partial charge in [-0.1, -0.05) is 78.9 Å². The van der Waals surface area contributed by atoms with Gasteiger partial charge in [-0.3, -0.25) is 4.90 Å². The lowest BCUT2D eigenvalue weighted by Gasteiger charge is -2.39. The molecule has 0 spiro atoms. The lowest BCUT2D eigenvalue weighted by molar-refractivity contribution is 0.166. The molecule has 2 atom stereocenters. The van der Waals surface area contributed by atoms with Crippen molar-refractivity contribution >= 4 is 0 Å². The first-order chi connectivity index (χ1) is 13.8. The Morgan fingerprint density at radius 3 is 2.29 bits per heavy atom. The van der Waals surface area contributed by atoms with Crippen LogP contribution >= 0.6 is 0 Å². The van der Waals surface area contributed by atoms with E-state index >= 15 is 0 Å². The quantitative estimate of drug-likeness (QED) is 0.655. The van der Waals surface area contributed by atoms with Gasteiger partial charge in [0.15, 0.2) is 0 Å². The van der Waals surface area contributed by atoms with E-state index in [1.165, 1.54) is 17.2 Å². The van der Waals surface area contributed by atoms with E-state index in [-0.39, 0.29) is 5.82 Å². The lowest BCUT2D eigenvalue weighted by atomic mass is 9.85. The number of piperidine rings is 1. The van der Waals surface area contributed by atoms with E-state index < -0.39 is 0 Å². The van der Waals surface area contributed by atoms with Crippen molar-refractivity contribution in [3.63, 3.8) is 0 Å². The van der Waals surface area contributed by atoms with Crippen LogP contribution in [0.15, 0.2) is 84.9 Å². The molecule has 144 valence electrons. The first kappa shape index (κ1) is 18.9. The molecule has 3 aromatic rings. The molecule has 1 aliphatic heterocycles. The van der Waals surface area contributed by atoms with E-state index in [0.29, 0.717) is 18.5 Å². The summed E-state index contributed by atoms with van der Waals surface area (Å²) in [7, 11) is 0. The molecule has 0 radical (unpaired) electrons. The number of hydrogen-bond acceptors (Lipinski definition) is 2. The minimum Gasteiger partial charge on any atom is -0.309 e. The number of nitrogens with one attached hydrogen (secondary N) is 1. The smallest absolute Gasteiger partial charge is 0.127 e. The van der Waals surface area contributed by atoms with Crippen molar-refractivity contribution in [3.05, 3.63) is 107 Å². The van der Waals surface area contributed by atoms with Crippen LogP contribution in [-0.4, -0.2) is 24.0 Å². The van der Waals surface area contributed by atoms with Crippen LogP contribution in [0.1, 0.15) is 29.0 Å². The number of nitrogens with zero attached hydrogens (tertiary/aromatic N) is 1.